The Morgan fingerprint density at radius 2 is 1.76 bits per heavy atom. The SMILES string of the molecule is C[C@H](C(=O)NC(=O)NC1CCCCC1)[NH+]1CC[NH+](C/C=C/c2ccccc2)CC1. The van der Waals surface area contributed by atoms with Crippen LogP contribution in [0.1, 0.15) is 44.6 Å². The second kappa shape index (κ2) is 11.1. The molecule has 6 heteroatoms. The molecule has 0 bridgehead atoms. The minimum absolute atomic E-state index is 0.166. The monoisotopic (exact) mass is 400 g/mol. The van der Waals surface area contributed by atoms with Crippen LogP contribution >= 0.6 is 0 Å². The molecule has 1 atom stereocenters. The Balaban J connectivity index is 1.36. The molecule has 3 amide bonds. The van der Waals surface area contributed by atoms with Crippen molar-refractivity contribution in [2.24, 2.45) is 0 Å². The first-order chi connectivity index (χ1) is 14.1. The number of carbonyl (C=O) groups excluding carboxylic acids is 2. The fraction of sp³-hybridized carbons (Fsp3) is 0.565. The third kappa shape index (κ3) is 6.98. The summed E-state index contributed by atoms with van der Waals surface area (Å²) >= 11 is 0. The number of nitrogens with one attached hydrogen (secondary N) is 4. The van der Waals surface area contributed by atoms with Crippen LogP contribution in [0.3, 0.4) is 0 Å². The highest BCUT2D eigenvalue weighted by molar-refractivity contribution is 5.96. The summed E-state index contributed by atoms with van der Waals surface area (Å²) in [5.41, 5.74) is 1.23. The van der Waals surface area contributed by atoms with Crippen LogP contribution in [-0.4, -0.2) is 56.7 Å². The van der Waals surface area contributed by atoms with Crippen molar-refractivity contribution in [1.29, 1.82) is 0 Å². The van der Waals surface area contributed by atoms with Gasteiger partial charge in [-0.15, -0.1) is 0 Å². The molecule has 0 unspecified atom stereocenters. The summed E-state index contributed by atoms with van der Waals surface area (Å²) in [7, 11) is 0. The zero-order valence-electron chi connectivity index (χ0n) is 17.6. The van der Waals surface area contributed by atoms with Crippen molar-refractivity contribution in [2.75, 3.05) is 32.7 Å². The van der Waals surface area contributed by atoms with E-state index in [9.17, 15) is 9.59 Å². The molecule has 1 aliphatic heterocycles. The van der Waals surface area contributed by atoms with Crippen molar-refractivity contribution in [2.45, 2.75) is 51.1 Å². The number of quaternary nitrogens is 2. The van der Waals surface area contributed by atoms with Crippen LogP contribution in [0.15, 0.2) is 36.4 Å². The van der Waals surface area contributed by atoms with Gasteiger partial charge in [-0.05, 0) is 31.4 Å². The molecule has 0 spiro atoms. The second-order valence-electron chi connectivity index (χ2n) is 8.44. The van der Waals surface area contributed by atoms with Gasteiger partial charge in [0.1, 0.15) is 26.2 Å². The average molecular weight is 401 g/mol. The molecule has 1 aliphatic carbocycles. The van der Waals surface area contributed by atoms with Crippen molar-refractivity contribution in [1.82, 2.24) is 10.6 Å². The van der Waals surface area contributed by atoms with E-state index in [1.54, 1.807) is 4.90 Å². The third-order valence-electron chi connectivity index (χ3n) is 6.30. The number of amides is 3. The molecule has 0 radical (unpaired) electrons. The molecular weight excluding hydrogens is 364 g/mol. The molecule has 0 aromatic heterocycles. The van der Waals surface area contributed by atoms with Gasteiger partial charge in [0.15, 0.2) is 6.04 Å². The van der Waals surface area contributed by atoms with Gasteiger partial charge in [-0.2, -0.15) is 0 Å². The van der Waals surface area contributed by atoms with Gasteiger partial charge in [-0.1, -0.05) is 55.7 Å². The van der Waals surface area contributed by atoms with E-state index in [-0.39, 0.29) is 24.0 Å². The van der Waals surface area contributed by atoms with Crippen molar-refractivity contribution in [3.05, 3.63) is 42.0 Å². The molecule has 3 rings (SSSR count). The molecule has 158 valence electrons. The largest absolute Gasteiger partial charge is 0.335 e. The lowest BCUT2D eigenvalue weighted by Gasteiger charge is -2.32. The van der Waals surface area contributed by atoms with Gasteiger partial charge in [-0.25, -0.2) is 4.79 Å². The number of imide groups is 1. The minimum Gasteiger partial charge on any atom is -0.335 e. The first-order valence-electron chi connectivity index (χ1n) is 11.1. The minimum atomic E-state index is -0.330. The normalized spacial score (nSPS) is 24.2. The number of benzene rings is 1. The summed E-state index contributed by atoms with van der Waals surface area (Å²) in [5, 5.41) is 5.52. The summed E-state index contributed by atoms with van der Waals surface area (Å²) in [6, 6.07) is 10.0. The lowest BCUT2D eigenvalue weighted by molar-refractivity contribution is -1.02. The van der Waals surface area contributed by atoms with Crippen LogP contribution in [0.5, 0.6) is 0 Å². The number of carbonyl (C=O) groups is 2. The van der Waals surface area contributed by atoms with Crippen molar-refractivity contribution >= 4 is 18.0 Å². The second-order valence-corrected chi connectivity index (χ2v) is 8.44. The maximum atomic E-state index is 12.5. The molecule has 1 saturated heterocycles. The molecule has 1 aromatic carbocycles. The Labute approximate surface area is 174 Å². The predicted octanol–water partition coefficient (Wildman–Crippen LogP) is 0.0302. The summed E-state index contributed by atoms with van der Waals surface area (Å²) in [4.78, 5) is 27.4. The van der Waals surface area contributed by atoms with Gasteiger partial charge < -0.3 is 15.1 Å². The van der Waals surface area contributed by atoms with Crippen LogP contribution in [0.4, 0.5) is 4.79 Å². The lowest BCUT2D eigenvalue weighted by Crippen LogP contribution is -3.30. The smallest absolute Gasteiger partial charge is 0.321 e. The topological polar surface area (TPSA) is 67.1 Å². The van der Waals surface area contributed by atoms with E-state index in [0.717, 1.165) is 58.4 Å². The quantitative estimate of drug-likeness (QED) is 0.544. The molecule has 2 aliphatic rings. The highest BCUT2D eigenvalue weighted by Gasteiger charge is 2.31. The number of hydrogen-bond donors (Lipinski definition) is 4. The standard InChI is InChI=1S/C23H34N4O2/c1-19(22(28)25-23(29)24-21-12-6-3-7-13-21)27-17-15-26(16-18-27)14-8-11-20-9-4-2-5-10-20/h2,4-5,8-11,19,21H,3,6-7,12-18H2,1H3,(H2,24,25,28,29)/p+2/b11-8+/t19-/m1/s1. The maximum Gasteiger partial charge on any atom is 0.321 e. The maximum absolute atomic E-state index is 12.5. The fourth-order valence-corrected chi connectivity index (χ4v) is 4.36. The Bertz CT molecular complexity index is 677. The van der Waals surface area contributed by atoms with Gasteiger partial charge in [0.2, 0.25) is 0 Å². The zero-order valence-corrected chi connectivity index (χ0v) is 17.6. The summed E-state index contributed by atoms with van der Waals surface area (Å²) in [5.74, 6) is -0.166. The summed E-state index contributed by atoms with van der Waals surface area (Å²) in [6.45, 7) is 6.92. The van der Waals surface area contributed by atoms with Gasteiger partial charge >= 0.3 is 6.03 Å². The van der Waals surface area contributed by atoms with E-state index in [2.05, 4.69) is 47.1 Å². The molecule has 29 heavy (non-hydrogen) atoms. The summed E-state index contributed by atoms with van der Waals surface area (Å²) < 4.78 is 0. The van der Waals surface area contributed by atoms with Crippen molar-refractivity contribution in [3.8, 4) is 0 Å². The van der Waals surface area contributed by atoms with Crippen LogP contribution in [0.25, 0.3) is 6.08 Å². The number of urea groups is 1. The highest BCUT2D eigenvalue weighted by Crippen LogP contribution is 2.17. The van der Waals surface area contributed by atoms with Crippen LogP contribution in [-0.2, 0) is 4.79 Å². The summed E-state index contributed by atoms with van der Waals surface area (Å²) in [6.07, 6.45) is 10.0. The van der Waals surface area contributed by atoms with Gasteiger partial charge in [0.25, 0.3) is 5.91 Å². The first-order valence-corrected chi connectivity index (χ1v) is 11.1. The number of rotatable bonds is 6. The number of piperazine rings is 1. The van der Waals surface area contributed by atoms with E-state index >= 15 is 0 Å². The van der Waals surface area contributed by atoms with Gasteiger partial charge in [-0.3, -0.25) is 10.1 Å². The van der Waals surface area contributed by atoms with E-state index in [1.807, 2.05) is 13.0 Å². The lowest BCUT2D eigenvalue weighted by atomic mass is 9.96. The first kappa shape index (κ1) is 21.5. The fourth-order valence-electron chi connectivity index (χ4n) is 4.36. The van der Waals surface area contributed by atoms with Crippen molar-refractivity contribution in [3.63, 3.8) is 0 Å². The Morgan fingerprint density at radius 1 is 1.07 bits per heavy atom. The molecule has 1 heterocycles. The molecular formula is C23H36N4O2+2. The molecule has 1 saturated carbocycles. The van der Waals surface area contributed by atoms with Crippen LogP contribution in [0, 0.1) is 0 Å². The van der Waals surface area contributed by atoms with E-state index < -0.39 is 0 Å². The van der Waals surface area contributed by atoms with Gasteiger partial charge in [0, 0.05) is 6.04 Å². The zero-order chi connectivity index (χ0) is 20.5. The van der Waals surface area contributed by atoms with E-state index in [1.165, 1.54) is 16.9 Å². The predicted molar refractivity (Wildman–Crippen MR) is 115 cm³/mol. The van der Waals surface area contributed by atoms with Crippen molar-refractivity contribution < 1.29 is 19.4 Å². The van der Waals surface area contributed by atoms with Crippen LogP contribution in [0.2, 0.25) is 0 Å². The van der Waals surface area contributed by atoms with Gasteiger partial charge in [0.05, 0.1) is 6.54 Å². The van der Waals surface area contributed by atoms with Crippen LogP contribution < -0.4 is 20.4 Å². The third-order valence-corrected chi connectivity index (χ3v) is 6.30. The Hall–Kier alpha value is -2.18. The molecule has 2 fully saturated rings. The highest BCUT2D eigenvalue weighted by atomic mass is 16.2. The molecule has 4 N–H and O–H groups in total. The van der Waals surface area contributed by atoms with E-state index in [0.29, 0.717) is 0 Å². The average Bonchev–Trinajstić information content (AvgIpc) is 2.75. The van der Waals surface area contributed by atoms with E-state index in [4.69, 9.17) is 0 Å². The molecule has 1 aromatic rings. The Kier molecular flexibility index (Phi) is 8.25. The molecule has 6 nitrogen and oxygen atoms in total. The number of hydrogen-bond acceptors (Lipinski definition) is 2. The Morgan fingerprint density at radius 3 is 2.45 bits per heavy atom.